The fourth-order valence-electron chi connectivity index (χ4n) is 6.21. The molecule has 1 fully saturated rings. The average Bonchev–Trinajstić information content (AvgIpc) is 3.19. The van der Waals surface area contributed by atoms with Crippen LogP contribution in [0.2, 0.25) is 0 Å². The molecular formula is C41H55BF3N3O6. The molecule has 13 heteroatoms. The molecule has 0 saturated carbocycles. The Morgan fingerprint density at radius 3 is 2.24 bits per heavy atom. The van der Waals surface area contributed by atoms with Crippen LogP contribution in [0.15, 0.2) is 65.8 Å². The molecule has 1 aliphatic heterocycles. The topological polar surface area (TPSA) is 90.4 Å². The van der Waals surface area contributed by atoms with Crippen LogP contribution in [0.3, 0.4) is 0 Å². The molecule has 0 radical (unpaired) electrons. The number of ether oxygens (including phenoxy) is 2. The maximum absolute atomic E-state index is 14.6. The van der Waals surface area contributed by atoms with E-state index < -0.39 is 42.6 Å². The van der Waals surface area contributed by atoms with Gasteiger partial charge in [0.15, 0.2) is 0 Å². The number of allylic oxidation sites excluding steroid dienone is 3. The van der Waals surface area contributed by atoms with E-state index in [0.29, 0.717) is 11.1 Å². The lowest BCUT2D eigenvalue weighted by Crippen LogP contribution is -2.41. The molecule has 1 saturated heterocycles. The summed E-state index contributed by atoms with van der Waals surface area (Å²) in [5, 5.41) is 0. The monoisotopic (exact) mass is 753 g/mol. The Bertz CT molecular complexity index is 1730. The molecule has 2 unspecified atom stereocenters. The summed E-state index contributed by atoms with van der Waals surface area (Å²) >= 11 is 0. The quantitative estimate of drug-likeness (QED) is 0.168. The lowest BCUT2D eigenvalue weighted by molar-refractivity contribution is -0.126. The number of alkyl halides is 3. The van der Waals surface area contributed by atoms with Crippen LogP contribution < -0.4 is 4.74 Å². The molecule has 0 bridgehead atoms. The van der Waals surface area contributed by atoms with Crippen LogP contribution in [-0.2, 0) is 25.3 Å². The highest BCUT2D eigenvalue weighted by atomic mass is 19.4. The van der Waals surface area contributed by atoms with E-state index in [9.17, 15) is 22.8 Å². The molecule has 2 atom stereocenters. The third-order valence-electron chi connectivity index (χ3n) is 10.1. The Morgan fingerprint density at radius 2 is 1.67 bits per heavy atom. The van der Waals surface area contributed by atoms with Gasteiger partial charge in [-0.05, 0) is 106 Å². The maximum atomic E-state index is 14.6. The first-order chi connectivity index (χ1) is 25.0. The van der Waals surface area contributed by atoms with Crippen molar-refractivity contribution in [2.24, 2.45) is 11.8 Å². The van der Waals surface area contributed by atoms with E-state index in [1.807, 2.05) is 58.9 Å². The van der Waals surface area contributed by atoms with Gasteiger partial charge in [-0.15, -0.1) is 0 Å². The predicted octanol–water partition coefficient (Wildman–Crippen LogP) is 8.59. The van der Waals surface area contributed by atoms with Gasteiger partial charge < -0.3 is 28.6 Å². The summed E-state index contributed by atoms with van der Waals surface area (Å²) in [6.07, 6.45) is 0.855. The first-order valence-electron chi connectivity index (χ1n) is 18.4. The number of carbonyl (C=O) groups is 2. The maximum Gasteiger partial charge on any atom is 0.491 e. The number of halogens is 3. The largest absolute Gasteiger partial charge is 0.491 e. The zero-order valence-electron chi connectivity index (χ0n) is 33.5. The number of hydrogen-bond donors (Lipinski definition) is 0. The number of aromatic nitrogens is 1. The van der Waals surface area contributed by atoms with Crippen LogP contribution in [0.25, 0.3) is 11.6 Å². The predicted molar refractivity (Wildman–Crippen MR) is 205 cm³/mol. The van der Waals surface area contributed by atoms with Crippen LogP contribution in [0.1, 0.15) is 85.4 Å². The molecule has 2 amide bonds. The summed E-state index contributed by atoms with van der Waals surface area (Å²) in [4.78, 5) is 32.4. The molecule has 1 aromatic carbocycles. The SMILES string of the molecule is CC1Cc2ccccc2C=C(/C(=C(\CC(F)(F)F)B2OC(C)(C)C(C)(C)O2)c2ccc(OCCN(C/C=C/C(=O)N(C)C)C(=O)OC(C)(C)C)nc2)C1C. The molecule has 9 nitrogen and oxygen atoms in total. The number of hydrogen-bond acceptors (Lipinski definition) is 7. The van der Waals surface area contributed by atoms with E-state index in [1.165, 1.54) is 22.1 Å². The highest BCUT2D eigenvalue weighted by molar-refractivity contribution is 6.56. The van der Waals surface area contributed by atoms with E-state index in [4.69, 9.17) is 18.8 Å². The van der Waals surface area contributed by atoms with Gasteiger partial charge in [-0.1, -0.05) is 50.3 Å². The number of nitrogens with zero attached hydrogens (tertiary/aromatic N) is 3. The fourth-order valence-corrected chi connectivity index (χ4v) is 6.21. The Morgan fingerprint density at radius 1 is 1.02 bits per heavy atom. The summed E-state index contributed by atoms with van der Waals surface area (Å²) in [5.41, 5.74) is 1.17. The third-order valence-corrected chi connectivity index (χ3v) is 10.1. The van der Waals surface area contributed by atoms with Gasteiger partial charge in [-0.25, -0.2) is 9.78 Å². The summed E-state index contributed by atoms with van der Waals surface area (Å²) in [6, 6.07) is 11.3. The second-order valence-electron chi connectivity index (χ2n) is 16.3. The van der Waals surface area contributed by atoms with Gasteiger partial charge >= 0.3 is 19.4 Å². The van der Waals surface area contributed by atoms with Crippen LogP contribution >= 0.6 is 0 Å². The van der Waals surface area contributed by atoms with Gasteiger partial charge in [0.05, 0.1) is 24.2 Å². The molecule has 4 rings (SSSR count). The van der Waals surface area contributed by atoms with Crippen molar-refractivity contribution in [3.05, 3.63) is 82.5 Å². The standard InChI is InChI=1S/C41H55BF3N3O6/c1-27-23-29-15-12-13-16-30(29)24-32(28(27)2)36(33(25-41(43,44)45)42-53-39(6,7)40(8,9)54-42)31-18-19-34(46-26-31)51-22-21-48(37(50)52-38(3,4)5)20-14-17-35(49)47(10)11/h12-19,24,26-28H,20-23,25H2,1-11H3/b17-14+,36-33+. The molecule has 2 aliphatic rings. The van der Waals surface area contributed by atoms with E-state index in [1.54, 1.807) is 53.1 Å². The number of rotatable bonds is 11. The van der Waals surface area contributed by atoms with Crippen LogP contribution in [0, 0.1) is 11.8 Å². The molecule has 294 valence electrons. The molecular weight excluding hydrogens is 698 g/mol. The van der Waals surface area contributed by atoms with Crippen molar-refractivity contribution < 1.29 is 41.5 Å². The van der Waals surface area contributed by atoms with Gasteiger partial charge in [-0.2, -0.15) is 13.2 Å². The molecule has 2 heterocycles. The third kappa shape index (κ3) is 11.0. The summed E-state index contributed by atoms with van der Waals surface area (Å²) in [6.45, 7) is 17.0. The lowest BCUT2D eigenvalue weighted by Gasteiger charge is -2.32. The molecule has 54 heavy (non-hydrogen) atoms. The average molecular weight is 754 g/mol. The summed E-state index contributed by atoms with van der Waals surface area (Å²) in [5.74, 6) is -0.0256. The second-order valence-corrected chi connectivity index (χ2v) is 16.3. The van der Waals surface area contributed by atoms with E-state index in [2.05, 4.69) is 18.0 Å². The smallest absolute Gasteiger partial charge is 0.476 e. The molecule has 1 aliphatic carbocycles. The van der Waals surface area contributed by atoms with Gasteiger partial charge in [0.1, 0.15) is 12.2 Å². The first kappa shape index (κ1) is 42.6. The Labute approximate surface area is 318 Å². The molecule has 1 aromatic heterocycles. The summed E-state index contributed by atoms with van der Waals surface area (Å²) in [7, 11) is 2.00. The Balaban J connectivity index is 1.73. The van der Waals surface area contributed by atoms with E-state index in [-0.39, 0.29) is 48.8 Å². The van der Waals surface area contributed by atoms with Gasteiger partial charge in [0, 0.05) is 39.0 Å². The van der Waals surface area contributed by atoms with Crippen molar-refractivity contribution in [2.45, 2.75) is 98.1 Å². The number of amides is 2. The molecule has 2 aromatic rings. The number of pyridine rings is 1. The highest BCUT2D eigenvalue weighted by Crippen LogP contribution is 2.47. The van der Waals surface area contributed by atoms with Crippen molar-refractivity contribution in [1.29, 1.82) is 0 Å². The Kier molecular flexibility index (Phi) is 13.2. The molecule has 0 spiro atoms. The highest BCUT2D eigenvalue weighted by Gasteiger charge is 2.54. The van der Waals surface area contributed by atoms with Gasteiger partial charge in [0.25, 0.3) is 0 Å². The fraction of sp³-hybridized carbons (Fsp3) is 0.537. The zero-order valence-corrected chi connectivity index (χ0v) is 33.5. The van der Waals surface area contributed by atoms with Crippen molar-refractivity contribution >= 4 is 30.8 Å². The van der Waals surface area contributed by atoms with Crippen LogP contribution in [-0.4, -0.2) is 90.7 Å². The lowest BCUT2D eigenvalue weighted by atomic mass is 9.68. The van der Waals surface area contributed by atoms with E-state index >= 15 is 0 Å². The summed E-state index contributed by atoms with van der Waals surface area (Å²) < 4.78 is 67.9. The van der Waals surface area contributed by atoms with Gasteiger partial charge in [0.2, 0.25) is 11.8 Å². The van der Waals surface area contributed by atoms with Crippen molar-refractivity contribution in [2.75, 3.05) is 33.8 Å². The molecule has 0 N–H and O–H groups in total. The Hall–Kier alpha value is -4.10. The minimum Gasteiger partial charge on any atom is -0.476 e. The first-order valence-corrected chi connectivity index (χ1v) is 18.4. The van der Waals surface area contributed by atoms with Crippen LogP contribution in [0.5, 0.6) is 5.88 Å². The number of benzene rings is 1. The van der Waals surface area contributed by atoms with Crippen LogP contribution in [0.4, 0.5) is 18.0 Å². The van der Waals surface area contributed by atoms with Crippen molar-refractivity contribution in [3.63, 3.8) is 0 Å². The zero-order chi connectivity index (χ0) is 40.2. The second kappa shape index (κ2) is 16.7. The number of likely N-dealkylation sites (N-methyl/N-ethyl adjacent to an activating group) is 1. The minimum atomic E-state index is -4.56. The van der Waals surface area contributed by atoms with Crippen molar-refractivity contribution in [3.8, 4) is 5.88 Å². The normalized spacial score (nSPS) is 20.1. The number of carbonyl (C=O) groups excluding carboxylic acids is 2. The minimum absolute atomic E-state index is 0.0184. The van der Waals surface area contributed by atoms with E-state index in [0.717, 1.165) is 23.1 Å². The van der Waals surface area contributed by atoms with Gasteiger partial charge in [-0.3, -0.25) is 4.79 Å². The number of fused-ring (bicyclic) bond motifs is 1. The van der Waals surface area contributed by atoms with Crippen molar-refractivity contribution in [1.82, 2.24) is 14.8 Å².